The van der Waals surface area contributed by atoms with Gasteiger partial charge in [0.2, 0.25) is 0 Å². The van der Waals surface area contributed by atoms with Crippen molar-refractivity contribution in [3.05, 3.63) is 29.8 Å². The Kier molecular flexibility index (Phi) is 3.20. The van der Waals surface area contributed by atoms with Crippen molar-refractivity contribution in [3.63, 3.8) is 0 Å². The lowest BCUT2D eigenvalue weighted by Crippen LogP contribution is -2.45. The minimum atomic E-state index is -1.14. The van der Waals surface area contributed by atoms with Gasteiger partial charge in [-0.25, -0.2) is 4.79 Å². The van der Waals surface area contributed by atoms with E-state index in [2.05, 4.69) is 10.6 Å². The molecule has 1 unspecified atom stereocenters. The van der Waals surface area contributed by atoms with E-state index in [0.29, 0.717) is 17.7 Å². The first-order chi connectivity index (χ1) is 8.64. The van der Waals surface area contributed by atoms with Gasteiger partial charge in [0.25, 0.3) is 5.91 Å². The molecule has 0 radical (unpaired) electrons. The summed E-state index contributed by atoms with van der Waals surface area (Å²) < 4.78 is 5.24. The van der Waals surface area contributed by atoms with Gasteiger partial charge in [-0.1, -0.05) is 18.2 Å². The molecular formula is C12H15N3O3. The first-order valence-electron chi connectivity index (χ1n) is 5.61. The number of hydrogen-bond donors (Lipinski definition) is 3. The third-order valence-corrected chi connectivity index (χ3v) is 3.03. The van der Waals surface area contributed by atoms with E-state index in [1.807, 2.05) is 0 Å². The van der Waals surface area contributed by atoms with E-state index in [9.17, 15) is 9.59 Å². The molecule has 6 heteroatoms. The summed E-state index contributed by atoms with van der Waals surface area (Å²) in [5.41, 5.74) is 5.03. The van der Waals surface area contributed by atoms with Crippen molar-refractivity contribution in [2.45, 2.75) is 12.0 Å². The molecule has 18 heavy (non-hydrogen) atoms. The molecule has 1 fully saturated rings. The normalized spacial score (nSPS) is 22.6. The number of carbonyl (C=O) groups excluding carboxylic acids is 2. The SMILES string of the molecule is COc1ccccc1C1(CCN)NC(=O)NC1=O. The predicted molar refractivity (Wildman–Crippen MR) is 65.0 cm³/mol. The number of imide groups is 1. The summed E-state index contributed by atoms with van der Waals surface area (Å²) in [5, 5.41) is 4.89. The van der Waals surface area contributed by atoms with Crippen LogP contribution in [0, 0.1) is 0 Å². The van der Waals surface area contributed by atoms with Crippen LogP contribution in [-0.2, 0) is 10.3 Å². The Morgan fingerprint density at radius 3 is 2.61 bits per heavy atom. The molecule has 1 aliphatic heterocycles. The maximum atomic E-state index is 12.1. The van der Waals surface area contributed by atoms with Crippen molar-refractivity contribution in [2.75, 3.05) is 13.7 Å². The quantitative estimate of drug-likeness (QED) is 0.659. The highest BCUT2D eigenvalue weighted by Gasteiger charge is 2.48. The van der Waals surface area contributed by atoms with Gasteiger partial charge in [0.1, 0.15) is 5.75 Å². The smallest absolute Gasteiger partial charge is 0.322 e. The molecule has 6 nitrogen and oxygen atoms in total. The van der Waals surface area contributed by atoms with Gasteiger partial charge in [0.15, 0.2) is 5.54 Å². The fourth-order valence-corrected chi connectivity index (χ4v) is 2.21. The molecule has 1 saturated heterocycles. The largest absolute Gasteiger partial charge is 0.496 e. The maximum absolute atomic E-state index is 12.1. The highest BCUT2D eigenvalue weighted by molar-refractivity contribution is 6.07. The van der Waals surface area contributed by atoms with Crippen molar-refractivity contribution < 1.29 is 14.3 Å². The number of benzene rings is 1. The molecule has 4 N–H and O–H groups in total. The van der Waals surface area contributed by atoms with E-state index in [0.717, 1.165) is 0 Å². The fraction of sp³-hybridized carbons (Fsp3) is 0.333. The standard InChI is InChI=1S/C12H15N3O3/c1-18-9-5-3-2-4-8(9)12(6-7-13)10(16)14-11(17)15-12/h2-5H,6-7,13H2,1H3,(H2,14,15,16,17). The Labute approximate surface area is 104 Å². The Morgan fingerprint density at radius 2 is 2.06 bits per heavy atom. The Balaban J connectivity index is 2.54. The Bertz CT molecular complexity index is 489. The van der Waals surface area contributed by atoms with Crippen LogP contribution in [0.15, 0.2) is 24.3 Å². The van der Waals surface area contributed by atoms with Crippen LogP contribution >= 0.6 is 0 Å². The highest BCUT2D eigenvalue weighted by atomic mass is 16.5. The summed E-state index contributed by atoms with van der Waals surface area (Å²) in [6, 6.07) is 6.56. The monoisotopic (exact) mass is 249 g/mol. The number of carbonyl (C=O) groups is 2. The predicted octanol–water partition coefficient (Wildman–Crippen LogP) is 0.0787. The molecule has 1 heterocycles. The van der Waals surface area contributed by atoms with Crippen LogP contribution in [0.5, 0.6) is 5.75 Å². The summed E-state index contributed by atoms with van der Waals surface area (Å²) in [6.45, 7) is 0.270. The van der Waals surface area contributed by atoms with Crippen LogP contribution in [0.3, 0.4) is 0 Å². The molecule has 0 saturated carbocycles. The molecule has 2 rings (SSSR count). The van der Waals surface area contributed by atoms with Gasteiger partial charge in [-0.15, -0.1) is 0 Å². The average molecular weight is 249 g/mol. The number of rotatable bonds is 4. The zero-order valence-corrected chi connectivity index (χ0v) is 10.0. The molecule has 1 atom stereocenters. The fourth-order valence-electron chi connectivity index (χ4n) is 2.21. The number of hydrogen-bond acceptors (Lipinski definition) is 4. The topological polar surface area (TPSA) is 93.4 Å². The molecule has 1 aliphatic rings. The average Bonchev–Trinajstić information content (AvgIpc) is 2.65. The van der Waals surface area contributed by atoms with Crippen LogP contribution in [-0.4, -0.2) is 25.6 Å². The number of methoxy groups -OCH3 is 1. The molecule has 0 aromatic heterocycles. The number of nitrogens with one attached hydrogen (secondary N) is 2. The number of nitrogens with two attached hydrogens (primary N) is 1. The van der Waals surface area contributed by atoms with Gasteiger partial charge in [0.05, 0.1) is 7.11 Å². The first kappa shape index (κ1) is 12.4. The lowest BCUT2D eigenvalue weighted by atomic mass is 9.86. The summed E-state index contributed by atoms with van der Waals surface area (Å²) in [7, 11) is 1.52. The Morgan fingerprint density at radius 1 is 1.33 bits per heavy atom. The number of urea groups is 1. The molecule has 0 aliphatic carbocycles. The summed E-state index contributed by atoms with van der Waals surface area (Å²) in [5.74, 6) is 0.144. The van der Waals surface area contributed by atoms with Crippen molar-refractivity contribution in [2.24, 2.45) is 5.73 Å². The molecule has 0 spiro atoms. The van der Waals surface area contributed by atoms with Crippen LogP contribution in [0.1, 0.15) is 12.0 Å². The third kappa shape index (κ3) is 1.80. The molecule has 3 amide bonds. The van der Waals surface area contributed by atoms with E-state index in [4.69, 9.17) is 10.5 Å². The summed E-state index contributed by atoms with van der Waals surface area (Å²) >= 11 is 0. The van der Waals surface area contributed by atoms with Gasteiger partial charge in [-0.2, -0.15) is 0 Å². The number of ether oxygens (including phenoxy) is 1. The van der Waals surface area contributed by atoms with Gasteiger partial charge in [-0.05, 0) is 19.0 Å². The minimum Gasteiger partial charge on any atom is -0.496 e. The van der Waals surface area contributed by atoms with Crippen molar-refractivity contribution >= 4 is 11.9 Å². The second-order valence-corrected chi connectivity index (χ2v) is 4.05. The van der Waals surface area contributed by atoms with E-state index < -0.39 is 17.5 Å². The molecular weight excluding hydrogens is 234 g/mol. The number of amides is 3. The molecule has 96 valence electrons. The van der Waals surface area contributed by atoms with Crippen molar-refractivity contribution in [1.82, 2.24) is 10.6 Å². The summed E-state index contributed by atoms with van der Waals surface area (Å²) in [4.78, 5) is 23.5. The molecule has 1 aromatic rings. The second-order valence-electron chi connectivity index (χ2n) is 4.05. The molecule has 1 aromatic carbocycles. The van der Waals surface area contributed by atoms with Crippen molar-refractivity contribution in [3.8, 4) is 5.75 Å². The second kappa shape index (κ2) is 4.66. The van der Waals surface area contributed by atoms with Gasteiger partial charge >= 0.3 is 6.03 Å². The van der Waals surface area contributed by atoms with Crippen LogP contribution < -0.4 is 21.1 Å². The lowest BCUT2D eigenvalue weighted by molar-refractivity contribution is -0.124. The third-order valence-electron chi connectivity index (χ3n) is 3.03. The van der Waals surface area contributed by atoms with Gasteiger partial charge < -0.3 is 15.8 Å². The van der Waals surface area contributed by atoms with Crippen LogP contribution in [0.4, 0.5) is 4.79 Å². The van der Waals surface area contributed by atoms with E-state index in [1.54, 1.807) is 24.3 Å². The maximum Gasteiger partial charge on any atom is 0.322 e. The highest BCUT2D eigenvalue weighted by Crippen LogP contribution is 2.34. The molecule has 0 bridgehead atoms. The van der Waals surface area contributed by atoms with Crippen molar-refractivity contribution in [1.29, 1.82) is 0 Å². The first-order valence-corrected chi connectivity index (χ1v) is 5.61. The Hall–Kier alpha value is -2.08. The van der Waals surface area contributed by atoms with E-state index in [1.165, 1.54) is 7.11 Å². The zero-order chi connectivity index (χ0) is 13.2. The van der Waals surface area contributed by atoms with Crippen LogP contribution in [0.25, 0.3) is 0 Å². The lowest BCUT2D eigenvalue weighted by Gasteiger charge is -2.27. The minimum absolute atomic E-state index is 0.270. The van der Waals surface area contributed by atoms with Crippen LogP contribution in [0.2, 0.25) is 0 Å². The van der Waals surface area contributed by atoms with Gasteiger partial charge in [0, 0.05) is 5.56 Å². The van der Waals surface area contributed by atoms with E-state index >= 15 is 0 Å². The van der Waals surface area contributed by atoms with E-state index in [-0.39, 0.29) is 6.54 Å². The zero-order valence-electron chi connectivity index (χ0n) is 10.0. The number of para-hydroxylation sites is 1. The summed E-state index contributed by atoms with van der Waals surface area (Å²) in [6.07, 6.45) is 0.310. The van der Waals surface area contributed by atoms with Gasteiger partial charge in [-0.3, -0.25) is 10.1 Å².